The smallest absolute Gasteiger partial charge is 0.253 e. The van der Waals surface area contributed by atoms with Crippen molar-refractivity contribution in [3.63, 3.8) is 0 Å². The summed E-state index contributed by atoms with van der Waals surface area (Å²) in [5.74, 6) is 1.01. The molecule has 1 amide bonds. The van der Waals surface area contributed by atoms with Crippen molar-refractivity contribution in [1.82, 2.24) is 4.90 Å². The Labute approximate surface area is 114 Å². The molecule has 0 radical (unpaired) electrons. The Morgan fingerprint density at radius 1 is 1.32 bits per heavy atom. The van der Waals surface area contributed by atoms with E-state index in [0.29, 0.717) is 18.3 Å². The van der Waals surface area contributed by atoms with Gasteiger partial charge in [-0.15, -0.1) is 0 Å². The number of hydrogen-bond donors (Lipinski definition) is 0. The minimum Gasteiger partial charge on any atom is -0.338 e. The SMILES string of the molecule is CCC1CN(C(=O)c2ccccc2)CCC1CC=O. The Balaban J connectivity index is 2.03. The van der Waals surface area contributed by atoms with Gasteiger partial charge < -0.3 is 9.69 Å². The highest BCUT2D eigenvalue weighted by molar-refractivity contribution is 5.94. The zero-order chi connectivity index (χ0) is 13.7. The van der Waals surface area contributed by atoms with Gasteiger partial charge >= 0.3 is 0 Å². The minimum absolute atomic E-state index is 0.114. The molecule has 19 heavy (non-hydrogen) atoms. The summed E-state index contributed by atoms with van der Waals surface area (Å²) < 4.78 is 0. The van der Waals surface area contributed by atoms with Crippen LogP contribution < -0.4 is 0 Å². The van der Waals surface area contributed by atoms with Crippen molar-refractivity contribution >= 4 is 12.2 Å². The van der Waals surface area contributed by atoms with Gasteiger partial charge in [-0.3, -0.25) is 4.79 Å². The highest BCUT2D eigenvalue weighted by Crippen LogP contribution is 2.29. The number of nitrogens with zero attached hydrogens (tertiary/aromatic N) is 1. The van der Waals surface area contributed by atoms with E-state index in [1.807, 2.05) is 35.2 Å². The van der Waals surface area contributed by atoms with Gasteiger partial charge in [0.2, 0.25) is 0 Å². The molecule has 0 N–H and O–H groups in total. The zero-order valence-electron chi connectivity index (χ0n) is 11.4. The Bertz CT molecular complexity index is 430. The molecule has 2 unspecified atom stereocenters. The van der Waals surface area contributed by atoms with E-state index in [1.165, 1.54) is 0 Å². The van der Waals surface area contributed by atoms with Gasteiger partial charge in [-0.05, 0) is 30.4 Å². The van der Waals surface area contributed by atoms with Crippen LogP contribution in [0.5, 0.6) is 0 Å². The number of rotatable bonds is 4. The number of carbonyl (C=O) groups is 2. The first kappa shape index (κ1) is 13.8. The molecule has 0 aromatic heterocycles. The molecule has 102 valence electrons. The maximum absolute atomic E-state index is 12.4. The van der Waals surface area contributed by atoms with E-state index >= 15 is 0 Å². The summed E-state index contributed by atoms with van der Waals surface area (Å²) in [4.78, 5) is 25.0. The van der Waals surface area contributed by atoms with Crippen LogP contribution in [-0.4, -0.2) is 30.2 Å². The van der Waals surface area contributed by atoms with Crippen LogP contribution in [0.15, 0.2) is 30.3 Å². The Hall–Kier alpha value is -1.64. The minimum atomic E-state index is 0.114. The van der Waals surface area contributed by atoms with E-state index < -0.39 is 0 Å². The summed E-state index contributed by atoms with van der Waals surface area (Å²) in [5, 5.41) is 0. The molecule has 3 heteroatoms. The van der Waals surface area contributed by atoms with Crippen molar-refractivity contribution in [1.29, 1.82) is 0 Å². The number of aldehydes is 1. The summed E-state index contributed by atoms with van der Waals surface area (Å²) in [6.45, 7) is 3.68. The van der Waals surface area contributed by atoms with Crippen LogP contribution in [0.4, 0.5) is 0 Å². The van der Waals surface area contributed by atoms with E-state index in [4.69, 9.17) is 0 Å². The summed E-state index contributed by atoms with van der Waals surface area (Å²) in [7, 11) is 0. The molecule has 1 aromatic rings. The molecular weight excluding hydrogens is 238 g/mol. The molecule has 1 aliphatic rings. The average Bonchev–Trinajstić information content (AvgIpc) is 2.48. The zero-order valence-corrected chi connectivity index (χ0v) is 11.4. The molecule has 1 aliphatic heterocycles. The quantitative estimate of drug-likeness (QED) is 0.780. The third-order valence-corrected chi connectivity index (χ3v) is 4.12. The van der Waals surface area contributed by atoms with Gasteiger partial charge in [0.05, 0.1) is 0 Å². The molecule has 2 atom stereocenters. The molecule has 0 saturated carbocycles. The maximum atomic E-state index is 12.4. The third kappa shape index (κ3) is 3.22. The molecule has 0 aliphatic carbocycles. The lowest BCUT2D eigenvalue weighted by Gasteiger charge is -2.37. The molecule has 1 saturated heterocycles. The van der Waals surface area contributed by atoms with Gasteiger partial charge in [0.25, 0.3) is 5.91 Å². The summed E-state index contributed by atoms with van der Waals surface area (Å²) in [5.41, 5.74) is 0.756. The summed E-state index contributed by atoms with van der Waals surface area (Å²) in [6, 6.07) is 9.43. The van der Waals surface area contributed by atoms with Crippen LogP contribution in [0.1, 0.15) is 36.5 Å². The number of amides is 1. The van der Waals surface area contributed by atoms with Crippen molar-refractivity contribution in [2.24, 2.45) is 11.8 Å². The first-order valence-corrected chi connectivity index (χ1v) is 7.04. The standard InChI is InChI=1S/C16H21NO2/c1-2-13-12-17(10-8-14(13)9-11-18)16(19)15-6-4-3-5-7-15/h3-7,11,13-14H,2,8-10,12H2,1H3. The maximum Gasteiger partial charge on any atom is 0.253 e. The lowest BCUT2D eigenvalue weighted by atomic mass is 9.82. The third-order valence-electron chi connectivity index (χ3n) is 4.12. The number of carbonyl (C=O) groups excluding carboxylic acids is 2. The first-order valence-electron chi connectivity index (χ1n) is 7.04. The Morgan fingerprint density at radius 3 is 2.68 bits per heavy atom. The number of benzene rings is 1. The highest BCUT2D eigenvalue weighted by Gasteiger charge is 2.30. The number of likely N-dealkylation sites (tertiary alicyclic amines) is 1. The second-order valence-electron chi connectivity index (χ2n) is 5.24. The summed E-state index contributed by atoms with van der Waals surface area (Å²) in [6.07, 6.45) is 3.61. The topological polar surface area (TPSA) is 37.4 Å². The first-order chi connectivity index (χ1) is 9.26. The molecule has 1 heterocycles. The van der Waals surface area contributed by atoms with Crippen LogP contribution in [0, 0.1) is 11.8 Å². The lowest BCUT2D eigenvalue weighted by molar-refractivity contribution is -0.109. The van der Waals surface area contributed by atoms with Crippen molar-refractivity contribution in [3.8, 4) is 0 Å². The van der Waals surface area contributed by atoms with E-state index in [-0.39, 0.29) is 5.91 Å². The molecule has 1 aromatic carbocycles. The van der Waals surface area contributed by atoms with Crippen molar-refractivity contribution < 1.29 is 9.59 Å². The van der Waals surface area contributed by atoms with Crippen molar-refractivity contribution in [2.75, 3.05) is 13.1 Å². The molecular formula is C16H21NO2. The molecule has 3 nitrogen and oxygen atoms in total. The molecule has 0 spiro atoms. The van der Waals surface area contributed by atoms with Crippen molar-refractivity contribution in [2.45, 2.75) is 26.2 Å². The second kappa shape index (κ2) is 6.50. The second-order valence-corrected chi connectivity index (χ2v) is 5.24. The van der Waals surface area contributed by atoms with E-state index in [0.717, 1.165) is 37.8 Å². The van der Waals surface area contributed by atoms with Gasteiger partial charge in [-0.25, -0.2) is 0 Å². The van der Waals surface area contributed by atoms with E-state index in [1.54, 1.807) is 0 Å². The number of hydrogen-bond acceptors (Lipinski definition) is 2. The Morgan fingerprint density at radius 2 is 2.05 bits per heavy atom. The van der Waals surface area contributed by atoms with E-state index in [2.05, 4.69) is 6.92 Å². The fourth-order valence-corrected chi connectivity index (χ4v) is 2.92. The monoisotopic (exact) mass is 259 g/mol. The molecule has 1 fully saturated rings. The van der Waals surface area contributed by atoms with Crippen LogP contribution in [0.3, 0.4) is 0 Å². The van der Waals surface area contributed by atoms with Gasteiger partial charge in [0.1, 0.15) is 6.29 Å². The van der Waals surface area contributed by atoms with Crippen LogP contribution in [0.2, 0.25) is 0 Å². The van der Waals surface area contributed by atoms with Gasteiger partial charge in [0.15, 0.2) is 0 Å². The van der Waals surface area contributed by atoms with Crippen molar-refractivity contribution in [3.05, 3.63) is 35.9 Å². The highest BCUT2D eigenvalue weighted by atomic mass is 16.2. The predicted octanol–water partition coefficient (Wildman–Crippen LogP) is 2.76. The largest absolute Gasteiger partial charge is 0.338 e. The lowest BCUT2D eigenvalue weighted by Crippen LogP contribution is -2.43. The van der Waals surface area contributed by atoms with Gasteiger partial charge in [0, 0.05) is 25.1 Å². The fourth-order valence-electron chi connectivity index (χ4n) is 2.92. The Kier molecular flexibility index (Phi) is 4.72. The van der Waals surface area contributed by atoms with Gasteiger partial charge in [-0.1, -0.05) is 31.5 Å². The molecule has 0 bridgehead atoms. The average molecular weight is 259 g/mol. The van der Waals surface area contributed by atoms with Crippen LogP contribution in [-0.2, 0) is 4.79 Å². The van der Waals surface area contributed by atoms with Crippen LogP contribution >= 0.6 is 0 Å². The molecule has 2 rings (SSSR count). The number of piperidine rings is 1. The summed E-state index contributed by atoms with van der Waals surface area (Å²) >= 11 is 0. The fraction of sp³-hybridized carbons (Fsp3) is 0.500. The predicted molar refractivity (Wildman–Crippen MR) is 74.9 cm³/mol. The normalized spacial score (nSPS) is 23.1. The van der Waals surface area contributed by atoms with Crippen LogP contribution in [0.25, 0.3) is 0 Å². The van der Waals surface area contributed by atoms with E-state index in [9.17, 15) is 9.59 Å². The van der Waals surface area contributed by atoms with Gasteiger partial charge in [-0.2, -0.15) is 0 Å².